The Kier molecular flexibility index (Phi) is 4.13. The molecule has 1 N–H and O–H groups in total. The number of urea groups is 1. The van der Waals surface area contributed by atoms with Gasteiger partial charge in [-0.25, -0.2) is 4.79 Å². The highest BCUT2D eigenvalue weighted by Crippen LogP contribution is 2.42. The van der Waals surface area contributed by atoms with E-state index in [0.717, 1.165) is 28.2 Å². The molecule has 29 heavy (non-hydrogen) atoms. The zero-order chi connectivity index (χ0) is 20.0. The standard InChI is InChI=1S/C20H18N4O4S/c1-27-14-6-3-2-5-12(14)17-21-16(28-23-17)11-24-18(25)20(22-19(24)26)9-4-7-15-13(20)8-10-29-15/h2-3,5-6,8,10H,4,7,9,11H2,1H3,(H,22,26)/t20-/m0/s1. The van der Waals surface area contributed by atoms with Gasteiger partial charge >= 0.3 is 6.03 Å². The second-order valence-electron chi connectivity index (χ2n) is 7.05. The molecule has 0 saturated carbocycles. The van der Waals surface area contributed by atoms with Gasteiger partial charge in [-0.05, 0) is 42.8 Å². The highest BCUT2D eigenvalue weighted by atomic mass is 32.1. The van der Waals surface area contributed by atoms with Crippen LogP contribution in [0.3, 0.4) is 0 Å². The Morgan fingerprint density at radius 1 is 1.31 bits per heavy atom. The van der Waals surface area contributed by atoms with E-state index in [1.807, 2.05) is 29.6 Å². The van der Waals surface area contributed by atoms with Gasteiger partial charge in [-0.2, -0.15) is 4.98 Å². The number of imide groups is 1. The minimum atomic E-state index is -0.976. The first-order valence-corrected chi connectivity index (χ1v) is 10.2. The molecular weight excluding hydrogens is 392 g/mol. The summed E-state index contributed by atoms with van der Waals surface area (Å²) in [5.74, 6) is 0.879. The molecule has 0 unspecified atom stereocenters. The van der Waals surface area contributed by atoms with Crippen molar-refractivity contribution >= 4 is 23.3 Å². The van der Waals surface area contributed by atoms with E-state index in [1.54, 1.807) is 24.5 Å². The molecule has 148 valence electrons. The molecule has 1 spiro atoms. The Morgan fingerprint density at radius 3 is 3.03 bits per heavy atom. The minimum Gasteiger partial charge on any atom is -0.496 e. The lowest BCUT2D eigenvalue weighted by Gasteiger charge is -2.31. The number of carbonyl (C=O) groups is 2. The third-order valence-electron chi connectivity index (χ3n) is 5.45. The summed E-state index contributed by atoms with van der Waals surface area (Å²) in [4.78, 5) is 32.6. The summed E-state index contributed by atoms with van der Waals surface area (Å²) >= 11 is 1.62. The van der Waals surface area contributed by atoms with Crippen molar-refractivity contribution in [2.75, 3.05) is 7.11 Å². The molecule has 5 rings (SSSR count). The number of fused-ring (bicyclic) bond motifs is 2. The number of amides is 3. The van der Waals surface area contributed by atoms with Gasteiger partial charge in [-0.3, -0.25) is 9.69 Å². The molecule has 2 aliphatic rings. The van der Waals surface area contributed by atoms with Crippen LogP contribution in [0, 0.1) is 0 Å². The number of para-hydroxylation sites is 1. The molecule has 1 aliphatic heterocycles. The van der Waals surface area contributed by atoms with Crippen molar-refractivity contribution in [1.29, 1.82) is 0 Å². The van der Waals surface area contributed by atoms with Crippen LogP contribution in [0.1, 0.15) is 29.2 Å². The SMILES string of the molecule is COc1ccccc1-c1noc(CN2C(=O)N[C@]3(CCCc4sccc43)C2=O)n1. The topological polar surface area (TPSA) is 97.6 Å². The number of ether oxygens (including phenoxy) is 1. The maximum absolute atomic E-state index is 13.3. The number of benzene rings is 1. The van der Waals surface area contributed by atoms with Gasteiger partial charge in [-0.1, -0.05) is 17.3 Å². The van der Waals surface area contributed by atoms with E-state index in [0.29, 0.717) is 23.6 Å². The number of carbonyl (C=O) groups excluding carboxylic acids is 2. The van der Waals surface area contributed by atoms with E-state index in [4.69, 9.17) is 9.26 Å². The molecule has 1 aliphatic carbocycles. The molecule has 0 radical (unpaired) electrons. The van der Waals surface area contributed by atoms with Gasteiger partial charge in [0.05, 0.1) is 12.7 Å². The van der Waals surface area contributed by atoms with Crippen LogP contribution in [0.25, 0.3) is 11.4 Å². The number of thiophene rings is 1. The van der Waals surface area contributed by atoms with Crippen molar-refractivity contribution in [2.24, 2.45) is 0 Å². The van der Waals surface area contributed by atoms with E-state index in [9.17, 15) is 9.59 Å². The fraction of sp³-hybridized carbons (Fsp3) is 0.300. The molecule has 3 amide bonds. The molecular formula is C20H18N4O4S. The molecule has 2 aromatic heterocycles. The molecule has 1 saturated heterocycles. The van der Waals surface area contributed by atoms with Crippen LogP contribution in [0.15, 0.2) is 40.2 Å². The highest BCUT2D eigenvalue weighted by Gasteiger charge is 2.54. The second-order valence-corrected chi connectivity index (χ2v) is 8.05. The van der Waals surface area contributed by atoms with E-state index in [-0.39, 0.29) is 18.3 Å². The van der Waals surface area contributed by atoms with Gasteiger partial charge < -0.3 is 14.6 Å². The van der Waals surface area contributed by atoms with Gasteiger partial charge in [-0.15, -0.1) is 11.3 Å². The van der Waals surface area contributed by atoms with E-state index in [1.165, 1.54) is 0 Å². The number of hydrogen-bond donors (Lipinski definition) is 1. The van der Waals surface area contributed by atoms with Crippen LogP contribution in [0.5, 0.6) is 5.75 Å². The average Bonchev–Trinajstić information content (AvgIpc) is 3.45. The maximum Gasteiger partial charge on any atom is 0.325 e. The number of aryl methyl sites for hydroxylation is 1. The Morgan fingerprint density at radius 2 is 2.17 bits per heavy atom. The fourth-order valence-corrected chi connectivity index (χ4v) is 5.08. The third-order valence-corrected chi connectivity index (χ3v) is 6.43. The zero-order valence-corrected chi connectivity index (χ0v) is 16.5. The van der Waals surface area contributed by atoms with Gasteiger partial charge in [0.2, 0.25) is 11.7 Å². The van der Waals surface area contributed by atoms with Gasteiger partial charge in [0.1, 0.15) is 17.8 Å². The highest BCUT2D eigenvalue weighted by molar-refractivity contribution is 7.10. The Hall–Kier alpha value is -3.20. The van der Waals surface area contributed by atoms with Crippen LogP contribution in [0.4, 0.5) is 4.79 Å². The van der Waals surface area contributed by atoms with Crippen molar-refractivity contribution < 1.29 is 18.8 Å². The van der Waals surface area contributed by atoms with Crippen molar-refractivity contribution in [2.45, 2.75) is 31.3 Å². The van der Waals surface area contributed by atoms with Gasteiger partial charge in [0.15, 0.2) is 0 Å². The molecule has 1 atom stereocenters. The van der Waals surface area contributed by atoms with Crippen LogP contribution < -0.4 is 10.1 Å². The normalized spacial score (nSPS) is 20.8. The Labute approximate surface area is 170 Å². The number of hydrogen-bond acceptors (Lipinski definition) is 7. The first-order chi connectivity index (χ1) is 14.1. The maximum atomic E-state index is 13.3. The van der Waals surface area contributed by atoms with Crippen LogP contribution >= 0.6 is 11.3 Å². The summed E-state index contributed by atoms with van der Waals surface area (Å²) in [5.41, 5.74) is 0.611. The molecule has 1 fully saturated rings. The molecule has 9 heteroatoms. The van der Waals surface area contributed by atoms with Crippen molar-refractivity contribution in [3.8, 4) is 17.1 Å². The molecule has 8 nitrogen and oxygen atoms in total. The zero-order valence-electron chi connectivity index (χ0n) is 15.7. The number of rotatable bonds is 4. The number of methoxy groups -OCH3 is 1. The van der Waals surface area contributed by atoms with Crippen molar-refractivity contribution in [3.05, 3.63) is 52.0 Å². The Balaban J connectivity index is 1.42. The summed E-state index contributed by atoms with van der Waals surface area (Å²) < 4.78 is 10.6. The second kappa shape index (κ2) is 6.70. The number of nitrogens with one attached hydrogen (secondary N) is 1. The first-order valence-electron chi connectivity index (χ1n) is 9.29. The van der Waals surface area contributed by atoms with Crippen LogP contribution in [-0.2, 0) is 23.3 Å². The lowest BCUT2D eigenvalue weighted by atomic mass is 9.80. The molecule has 3 heterocycles. The predicted molar refractivity (Wildman–Crippen MR) is 104 cm³/mol. The lowest BCUT2D eigenvalue weighted by molar-refractivity contribution is -0.132. The van der Waals surface area contributed by atoms with Gasteiger partial charge in [0.25, 0.3) is 5.91 Å². The first kappa shape index (κ1) is 17.9. The minimum absolute atomic E-state index is 0.0754. The van der Waals surface area contributed by atoms with Crippen LogP contribution in [-0.4, -0.2) is 34.1 Å². The Bertz CT molecular complexity index is 1110. The summed E-state index contributed by atoms with van der Waals surface area (Å²) in [7, 11) is 1.56. The molecule has 0 bridgehead atoms. The van der Waals surface area contributed by atoms with E-state index in [2.05, 4.69) is 15.5 Å². The smallest absolute Gasteiger partial charge is 0.325 e. The van der Waals surface area contributed by atoms with E-state index >= 15 is 0 Å². The van der Waals surface area contributed by atoms with Gasteiger partial charge in [0, 0.05) is 10.4 Å². The molecule has 3 aromatic rings. The average molecular weight is 410 g/mol. The van der Waals surface area contributed by atoms with Crippen molar-refractivity contribution in [3.63, 3.8) is 0 Å². The third kappa shape index (κ3) is 2.72. The largest absolute Gasteiger partial charge is 0.496 e. The lowest BCUT2D eigenvalue weighted by Crippen LogP contribution is -2.46. The summed E-state index contributed by atoms with van der Waals surface area (Å²) in [6.07, 6.45) is 2.38. The van der Waals surface area contributed by atoms with E-state index < -0.39 is 11.6 Å². The predicted octanol–water partition coefficient (Wildman–Crippen LogP) is 3.09. The number of nitrogens with zero attached hydrogens (tertiary/aromatic N) is 3. The fourth-order valence-electron chi connectivity index (χ4n) is 4.08. The monoisotopic (exact) mass is 410 g/mol. The van der Waals surface area contributed by atoms with Crippen molar-refractivity contribution in [1.82, 2.24) is 20.4 Å². The van der Waals surface area contributed by atoms with Crippen LogP contribution in [0.2, 0.25) is 0 Å². The summed E-state index contributed by atoms with van der Waals surface area (Å²) in [6, 6.07) is 8.80. The molecule has 1 aromatic carbocycles. The quantitative estimate of drug-likeness (QED) is 0.664. The number of aromatic nitrogens is 2. The summed E-state index contributed by atoms with van der Waals surface area (Å²) in [6.45, 7) is -0.0754. The summed E-state index contributed by atoms with van der Waals surface area (Å²) in [5, 5.41) is 8.88.